The maximum atomic E-state index is 9.22. The molecule has 35 heavy (non-hydrogen) atoms. The Morgan fingerprint density at radius 1 is 0.971 bits per heavy atom. The Morgan fingerprint density at radius 2 is 1.60 bits per heavy atom. The van der Waals surface area contributed by atoms with E-state index in [4.69, 9.17) is 9.72 Å². The molecule has 4 heterocycles. The summed E-state index contributed by atoms with van der Waals surface area (Å²) in [6.07, 6.45) is 5.41. The van der Waals surface area contributed by atoms with Crippen molar-refractivity contribution in [2.24, 2.45) is 0 Å². The van der Waals surface area contributed by atoms with E-state index in [1.54, 1.807) is 6.33 Å². The van der Waals surface area contributed by atoms with E-state index >= 15 is 0 Å². The van der Waals surface area contributed by atoms with Crippen LogP contribution in [-0.2, 0) is 4.74 Å². The lowest BCUT2D eigenvalue weighted by Gasteiger charge is -2.62. The third-order valence-electron chi connectivity index (χ3n) is 7.72. The SMILES string of the molecule is CC1(C)CC(N2C(C)(C)CC(Nc3ncnc(N4CCOC(NO)C4)n3)CC2(C)C)CC(C)(C)N1. The molecule has 198 valence electrons. The summed E-state index contributed by atoms with van der Waals surface area (Å²) in [4.78, 5) is 18.3. The molecule has 0 spiro atoms. The van der Waals surface area contributed by atoms with Crippen LogP contribution in [0.2, 0.25) is 0 Å². The van der Waals surface area contributed by atoms with E-state index in [-0.39, 0.29) is 28.2 Å². The number of morpholine rings is 1. The van der Waals surface area contributed by atoms with Crippen LogP contribution in [0.4, 0.5) is 11.9 Å². The van der Waals surface area contributed by atoms with E-state index in [2.05, 4.69) is 86.4 Å². The maximum Gasteiger partial charge on any atom is 0.230 e. The van der Waals surface area contributed by atoms with E-state index in [9.17, 15) is 5.21 Å². The van der Waals surface area contributed by atoms with Crippen molar-refractivity contribution < 1.29 is 9.94 Å². The molecule has 4 N–H and O–H groups in total. The van der Waals surface area contributed by atoms with Gasteiger partial charge in [0.2, 0.25) is 11.9 Å². The van der Waals surface area contributed by atoms with Crippen LogP contribution in [0, 0.1) is 0 Å². The van der Waals surface area contributed by atoms with Crippen LogP contribution in [0.25, 0.3) is 0 Å². The molecule has 3 saturated heterocycles. The molecule has 1 atom stereocenters. The van der Waals surface area contributed by atoms with Crippen LogP contribution < -0.4 is 21.0 Å². The second-order valence-corrected chi connectivity index (χ2v) is 13.2. The first-order valence-corrected chi connectivity index (χ1v) is 13.0. The molecule has 0 aliphatic carbocycles. The van der Waals surface area contributed by atoms with E-state index < -0.39 is 6.23 Å². The van der Waals surface area contributed by atoms with Gasteiger partial charge in [-0.1, -0.05) is 0 Å². The summed E-state index contributed by atoms with van der Waals surface area (Å²) in [6, 6.07) is 0.774. The first-order valence-electron chi connectivity index (χ1n) is 13.0. The molecule has 0 radical (unpaired) electrons. The van der Waals surface area contributed by atoms with Crippen molar-refractivity contribution in [3.63, 3.8) is 0 Å². The second kappa shape index (κ2) is 9.37. The molecule has 1 aromatic rings. The first kappa shape index (κ1) is 26.5. The van der Waals surface area contributed by atoms with Crippen LogP contribution in [0.15, 0.2) is 6.33 Å². The smallest absolute Gasteiger partial charge is 0.230 e. The van der Waals surface area contributed by atoms with Crippen molar-refractivity contribution in [1.82, 2.24) is 30.6 Å². The van der Waals surface area contributed by atoms with Crippen molar-refractivity contribution in [1.29, 1.82) is 0 Å². The Bertz CT molecular complexity index is 856. The zero-order valence-corrected chi connectivity index (χ0v) is 22.9. The maximum absolute atomic E-state index is 9.22. The predicted octanol–water partition coefficient (Wildman–Crippen LogP) is 2.76. The third kappa shape index (κ3) is 6.05. The minimum absolute atomic E-state index is 0.0215. The average Bonchev–Trinajstić information content (AvgIpc) is 2.69. The van der Waals surface area contributed by atoms with Gasteiger partial charge in [-0.25, -0.2) is 9.97 Å². The fourth-order valence-electron chi connectivity index (χ4n) is 7.44. The predicted molar refractivity (Wildman–Crippen MR) is 138 cm³/mol. The molecule has 0 amide bonds. The third-order valence-corrected chi connectivity index (χ3v) is 7.72. The van der Waals surface area contributed by atoms with E-state index in [0.717, 1.165) is 25.7 Å². The van der Waals surface area contributed by atoms with Crippen molar-refractivity contribution in [3.8, 4) is 0 Å². The van der Waals surface area contributed by atoms with Crippen LogP contribution in [-0.4, -0.2) is 85.2 Å². The fraction of sp³-hybridized carbons (Fsp3) is 0.880. The quantitative estimate of drug-likeness (QED) is 0.460. The highest BCUT2D eigenvalue weighted by Gasteiger charge is 2.51. The van der Waals surface area contributed by atoms with E-state index in [0.29, 0.717) is 37.6 Å². The number of nitrogens with one attached hydrogen (secondary N) is 3. The molecule has 3 fully saturated rings. The number of aromatic nitrogens is 3. The Labute approximate surface area is 210 Å². The zero-order valence-electron chi connectivity index (χ0n) is 22.9. The number of hydrogen-bond acceptors (Lipinski definition) is 10. The van der Waals surface area contributed by atoms with Gasteiger partial charge >= 0.3 is 0 Å². The average molecular weight is 491 g/mol. The van der Waals surface area contributed by atoms with Gasteiger partial charge in [-0.2, -0.15) is 10.5 Å². The van der Waals surface area contributed by atoms with Gasteiger partial charge in [0.25, 0.3) is 0 Å². The molecule has 0 saturated carbocycles. The van der Waals surface area contributed by atoms with Crippen molar-refractivity contribution >= 4 is 11.9 Å². The van der Waals surface area contributed by atoms with Gasteiger partial charge < -0.3 is 25.5 Å². The topological polar surface area (TPSA) is 111 Å². The summed E-state index contributed by atoms with van der Waals surface area (Å²) >= 11 is 0. The van der Waals surface area contributed by atoms with Crippen LogP contribution in [0.3, 0.4) is 0 Å². The highest BCUT2D eigenvalue weighted by molar-refractivity contribution is 5.37. The molecule has 0 bridgehead atoms. The fourth-order valence-corrected chi connectivity index (χ4v) is 7.44. The summed E-state index contributed by atoms with van der Waals surface area (Å²) in [5.41, 5.74) is 2.45. The second-order valence-electron chi connectivity index (χ2n) is 13.2. The Morgan fingerprint density at radius 3 is 2.20 bits per heavy atom. The van der Waals surface area contributed by atoms with Crippen molar-refractivity contribution in [2.75, 3.05) is 29.9 Å². The van der Waals surface area contributed by atoms with Crippen molar-refractivity contribution in [2.45, 2.75) is 122 Å². The lowest BCUT2D eigenvalue weighted by atomic mass is 9.71. The molecule has 1 unspecified atom stereocenters. The Hall–Kier alpha value is -1.59. The van der Waals surface area contributed by atoms with E-state index in [1.165, 1.54) is 0 Å². The van der Waals surface area contributed by atoms with Crippen LogP contribution in [0.5, 0.6) is 0 Å². The Balaban J connectivity index is 1.49. The van der Waals surface area contributed by atoms with Crippen LogP contribution in [0.1, 0.15) is 81.1 Å². The van der Waals surface area contributed by atoms with E-state index in [1.807, 2.05) is 4.90 Å². The zero-order chi connectivity index (χ0) is 25.6. The normalized spacial score (nSPS) is 29.2. The molecular formula is C25H46N8O2. The number of likely N-dealkylation sites (tertiary alicyclic amines) is 1. The Kier molecular flexibility index (Phi) is 7.09. The van der Waals surface area contributed by atoms with Gasteiger partial charge in [0.1, 0.15) is 12.6 Å². The summed E-state index contributed by atoms with van der Waals surface area (Å²) in [5, 5.41) is 16.7. The molecule has 10 nitrogen and oxygen atoms in total. The van der Waals surface area contributed by atoms with Gasteiger partial charge in [-0.05, 0) is 81.1 Å². The minimum Gasteiger partial charge on any atom is -0.358 e. The summed E-state index contributed by atoms with van der Waals surface area (Å²) in [5.74, 6) is 1.20. The number of hydroxylamine groups is 1. The summed E-state index contributed by atoms with van der Waals surface area (Å²) in [7, 11) is 0. The number of hydrogen-bond donors (Lipinski definition) is 4. The van der Waals surface area contributed by atoms with Gasteiger partial charge in [-0.3, -0.25) is 4.90 Å². The highest BCUT2D eigenvalue weighted by Crippen LogP contribution is 2.45. The van der Waals surface area contributed by atoms with Gasteiger partial charge in [0.05, 0.1) is 13.2 Å². The van der Waals surface area contributed by atoms with Gasteiger partial charge in [-0.15, -0.1) is 0 Å². The molecule has 3 aliphatic heterocycles. The molecule has 0 aromatic carbocycles. The molecule has 10 heteroatoms. The first-order chi connectivity index (χ1) is 16.2. The van der Waals surface area contributed by atoms with Gasteiger partial charge in [0.15, 0.2) is 0 Å². The lowest BCUT2D eigenvalue weighted by molar-refractivity contribution is -0.0920. The standard InChI is InChI=1S/C25H46N8O2/c1-22(2)13-18(14-23(3,4)31-22)33-24(5,6)11-17(12-25(33,7)8)28-20-26-16-27-21(29-20)32-9-10-35-19(15-32)30-34/h16-19,30-31,34H,9-15H2,1-8H3,(H,26,27,28,29). The van der Waals surface area contributed by atoms with Crippen LogP contribution >= 0.6 is 0 Å². The minimum atomic E-state index is -0.451. The molecular weight excluding hydrogens is 444 g/mol. The largest absolute Gasteiger partial charge is 0.358 e. The van der Waals surface area contributed by atoms with Crippen molar-refractivity contribution in [3.05, 3.63) is 6.33 Å². The highest BCUT2D eigenvalue weighted by atomic mass is 16.6. The molecule has 1 aromatic heterocycles. The lowest BCUT2D eigenvalue weighted by Crippen LogP contribution is -2.71. The number of ether oxygens (including phenoxy) is 1. The number of anilines is 2. The number of piperidine rings is 2. The molecule has 4 rings (SSSR count). The summed E-state index contributed by atoms with van der Waals surface area (Å²) < 4.78 is 5.46. The number of nitrogens with zero attached hydrogens (tertiary/aromatic N) is 5. The van der Waals surface area contributed by atoms with Gasteiger partial charge in [0, 0.05) is 40.8 Å². The monoisotopic (exact) mass is 490 g/mol. The summed E-state index contributed by atoms with van der Waals surface area (Å²) in [6.45, 7) is 20.5. The number of rotatable bonds is 5. The molecule has 3 aliphatic rings.